The second kappa shape index (κ2) is 1.90. The maximum absolute atomic E-state index is 10.6. The molecule has 9 heavy (non-hydrogen) atoms. The van der Waals surface area contributed by atoms with E-state index in [2.05, 4.69) is 0 Å². The molecule has 0 amide bonds. The van der Waals surface area contributed by atoms with Crippen molar-refractivity contribution in [1.82, 2.24) is 0 Å². The Morgan fingerprint density at radius 2 is 2.22 bits per heavy atom. The number of cyclic esters (lactones) is 1. The van der Waals surface area contributed by atoms with Gasteiger partial charge in [0.25, 0.3) is 0 Å². The normalized spacial score (nSPS) is 32.3. The zero-order chi connectivity index (χ0) is 7.07. The highest BCUT2D eigenvalue weighted by Gasteiger charge is 2.39. The van der Waals surface area contributed by atoms with Crippen LogP contribution in [0.3, 0.4) is 0 Å². The number of carbonyl (C=O) groups excluding carboxylic acids is 1. The molecule has 0 aromatic heterocycles. The summed E-state index contributed by atoms with van der Waals surface area (Å²) >= 11 is 1.27. The summed E-state index contributed by atoms with van der Waals surface area (Å²) in [6.45, 7) is 5.85. The molecule has 0 aliphatic carbocycles. The van der Waals surface area contributed by atoms with Gasteiger partial charge >= 0.3 is 5.30 Å². The van der Waals surface area contributed by atoms with Crippen LogP contribution in [0.5, 0.6) is 0 Å². The fourth-order valence-corrected chi connectivity index (χ4v) is 1.49. The highest BCUT2D eigenvalue weighted by molar-refractivity contribution is 8.14. The van der Waals surface area contributed by atoms with E-state index in [1.807, 2.05) is 20.8 Å². The average molecular weight is 146 g/mol. The summed E-state index contributed by atoms with van der Waals surface area (Å²) in [5.41, 5.74) is -0.262. The van der Waals surface area contributed by atoms with E-state index in [0.717, 1.165) is 0 Å². The molecular formula is C6H10O2S. The SMILES string of the molecule is C[C@@H]1SC(=O)OC1(C)C. The summed E-state index contributed by atoms with van der Waals surface area (Å²) in [4.78, 5) is 10.6. The summed E-state index contributed by atoms with van der Waals surface area (Å²) in [5, 5.41) is 0.137. The summed E-state index contributed by atoms with van der Waals surface area (Å²) in [7, 11) is 0. The lowest BCUT2D eigenvalue weighted by atomic mass is 10.1. The van der Waals surface area contributed by atoms with Gasteiger partial charge in [0.15, 0.2) is 0 Å². The Kier molecular flexibility index (Phi) is 1.47. The van der Waals surface area contributed by atoms with Crippen LogP contribution in [0.1, 0.15) is 20.8 Å². The second-order valence-corrected chi connectivity index (χ2v) is 3.99. The van der Waals surface area contributed by atoms with Gasteiger partial charge in [-0.25, -0.2) is 4.79 Å². The van der Waals surface area contributed by atoms with Crippen molar-refractivity contribution in [3.63, 3.8) is 0 Å². The standard InChI is InChI=1S/C6H10O2S/c1-4-6(2,3)8-5(7)9-4/h4H,1-3H3/t4-/m0/s1. The molecule has 0 unspecified atom stereocenters. The van der Waals surface area contributed by atoms with E-state index in [9.17, 15) is 4.79 Å². The van der Waals surface area contributed by atoms with Crippen LogP contribution in [-0.2, 0) is 4.74 Å². The third-order valence-corrected chi connectivity index (χ3v) is 2.80. The maximum Gasteiger partial charge on any atom is 0.368 e. The van der Waals surface area contributed by atoms with Crippen LogP contribution in [0.2, 0.25) is 0 Å². The van der Waals surface area contributed by atoms with E-state index in [4.69, 9.17) is 4.74 Å². The molecule has 0 saturated carbocycles. The molecule has 1 aliphatic rings. The van der Waals surface area contributed by atoms with Crippen LogP contribution < -0.4 is 0 Å². The van der Waals surface area contributed by atoms with E-state index in [1.165, 1.54) is 11.8 Å². The van der Waals surface area contributed by atoms with Gasteiger partial charge in [-0.15, -0.1) is 0 Å². The number of rotatable bonds is 0. The Labute approximate surface area is 59.0 Å². The highest BCUT2D eigenvalue weighted by atomic mass is 32.2. The van der Waals surface area contributed by atoms with Crippen molar-refractivity contribution in [2.24, 2.45) is 0 Å². The van der Waals surface area contributed by atoms with Crippen molar-refractivity contribution in [1.29, 1.82) is 0 Å². The third-order valence-electron chi connectivity index (χ3n) is 1.60. The van der Waals surface area contributed by atoms with Crippen LogP contribution >= 0.6 is 11.8 Å². The van der Waals surface area contributed by atoms with Gasteiger partial charge in [-0.1, -0.05) is 0 Å². The van der Waals surface area contributed by atoms with Gasteiger partial charge < -0.3 is 4.74 Å². The minimum atomic E-state index is -0.262. The van der Waals surface area contributed by atoms with Crippen LogP contribution in [0.4, 0.5) is 4.79 Å². The average Bonchev–Trinajstić information content (AvgIpc) is 1.79. The van der Waals surface area contributed by atoms with Crippen molar-refractivity contribution < 1.29 is 9.53 Å². The fraction of sp³-hybridized carbons (Fsp3) is 0.833. The smallest absolute Gasteiger partial charge is 0.368 e. The molecule has 0 aromatic carbocycles. The van der Waals surface area contributed by atoms with Gasteiger partial charge in [0.05, 0.1) is 5.25 Å². The van der Waals surface area contributed by atoms with Gasteiger partial charge in [0.2, 0.25) is 0 Å². The summed E-state index contributed by atoms with van der Waals surface area (Å²) in [5.74, 6) is 0. The largest absolute Gasteiger partial charge is 0.450 e. The zero-order valence-electron chi connectivity index (χ0n) is 5.80. The molecule has 0 radical (unpaired) electrons. The number of ether oxygens (including phenoxy) is 1. The predicted molar refractivity (Wildman–Crippen MR) is 37.6 cm³/mol. The van der Waals surface area contributed by atoms with Crippen molar-refractivity contribution in [3.05, 3.63) is 0 Å². The molecule has 2 nitrogen and oxygen atoms in total. The molecule has 1 aliphatic heterocycles. The van der Waals surface area contributed by atoms with Gasteiger partial charge in [-0.3, -0.25) is 0 Å². The molecule has 1 atom stereocenters. The first kappa shape index (κ1) is 6.93. The van der Waals surface area contributed by atoms with E-state index in [1.54, 1.807) is 0 Å². The minimum Gasteiger partial charge on any atom is -0.450 e. The van der Waals surface area contributed by atoms with Crippen molar-refractivity contribution in [2.45, 2.75) is 31.6 Å². The summed E-state index contributed by atoms with van der Waals surface area (Å²) in [6.07, 6.45) is 0. The van der Waals surface area contributed by atoms with E-state index >= 15 is 0 Å². The molecule has 3 heteroatoms. The predicted octanol–water partition coefficient (Wildman–Crippen LogP) is 2.04. The molecule has 0 spiro atoms. The Bertz CT molecular complexity index is 142. The summed E-state index contributed by atoms with van der Waals surface area (Å²) in [6, 6.07) is 0. The molecule has 1 saturated heterocycles. The Hall–Kier alpha value is -0.180. The first-order chi connectivity index (χ1) is 4.02. The minimum absolute atomic E-state index is 0.146. The van der Waals surface area contributed by atoms with Crippen LogP contribution in [0.25, 0.3) is 0 Å². The van der Waals surface area contributed by atoms with Crippen molar-refractivity contribution in [3.8, 4) is 0 Å². The second-order valence-electron chi connectivity index (χ2n) is 2.72. The molecule has 0 bridgehead atoms. The van der Waals surface area contributed by atoms with Crippen molar-refractivity contribution in [2.75, 3.05) is 0 Å². The number of thioether (sulfide) groups is 1. The maximum atomic E-state index is 10.6. The Balaban J connectivity index is 2.69. The quantitative estimate of drug-likeness (QED) is 0.489. The van der Waals surface area contributed by atoms with Crippen LogP contribution in [0.15, 0.2) is 0 Å². The number of carbonyl (C=O) groups is 1. The molecular weight excluding hydrogens is 136 g/mol. The number of hydrogen-bond acceptors (Lipinski definition) is 3. The van der Waals surface area contributed by atoms with Gasteiger partial charge in [-0.05, 0) is 32.5 Å². The monoisotopic (exact) mass is 146 g/mol. The molecule has 0 N–H and O–H groups in total. The Morgan fingerprint density at radius 3 is 2.33 bits per heavy atom. The van der Waals surface area contributed by atoms with Gasteiger partial charge in [0, 0.05) is 0 Å². The van der Waals surface area contributed by atoms with Crippen LogP contribution in [-0.4, -0.2) is 16.2 Å². The fourth-order valence-electron chi connectivity index (χ4n) is 0.608. The van der Waals surface area contributed by atoms with E-state index in [-0.39, 0.29) is 16.2 Å². The topological polar surface area (TPSA) is 26.3 Å². The zero-order valence-corrected chi connectivity index (χ0v) is 6.62. The first-order valence-electron chi connectivity index (χ1n) is 2.92. The molecule has 1 rings (SSSR count). The van der Waals surface area contributed by atoms with Crippen LogP contribution in [0, 0.1) is 0 Å². The van der Waals surface area contributed by atoms with E-state index in [0.29, 0.717) is 0 Å². The van der Waals surface area contributed by atoms with Gasteiger partial charge in [0.1, 0.15) is 5.60 Å². The molecule has 0 aromatic rings. The van der Waals surface area contributed by atoms with E-state index < -0.39 is 0 Å². The van der Waals surface area contributed by atoms with Crippen molar-refractivity contribution >= 4 is 17.1 Å². The molecule has 1 heterocycles. The molecule has 1 fully saturated rings. The first-order valence-corrected chi connectivity index (χ1v) is 3.80. The van der Waals surface area contributed by atoms with Gasteiger partial charge in [-0.2, -0.15) is 0 Å². The third kappa shape index (κ3) is 1.21. The lowest BCUT2D eigenvalue weighted by molar-refractivity contribution is 0.0720. The lowest BCUT2D eigenvalue weighted by Gasteiger charge is -2.19. The Morgan fingerprint density at radius 1 is 1.67 bits per heavy atom. The number of hydrogen-bond donors (Lipinski definition) is 0. The highest BCUT2D eigenvalue weighted by Crippen LogP contribution is 2.35. The lowest BCUT2D eigenvalue weighted by Crippen LogP contribution is -2.28. The molecule has 52 valence electrons. The summed E-state index contributed by atoms with van der Waals surface area (Å²) < 4.78 is 4.98.